The van der Waals surface area contributed by atoms with Crippen LogP contribution in [0.3, 0.4) is 0 Å². The van der Waals surface area contributed by atoms with Gasteiger partial charge in [0, 0.05) is 19.1 Å². The highest BCUT2D eigenvalue weighted by Crippen LogP contribution is 2.17. The molecule has 1 fully saturated rings. The summed E-state index contributed by atoms with van der Waals surface area (Å²) in [5, 5.41) is 13.5. The first-order valence-electron chi connectivity index (χ1n) is 6.64. The van der Waals surface area contributed by atoms with Crippen molar-refractivity contribution in [2.24, 2.45) is 5.92 Å². The maximum absolute atomic E-state index is 10.1. The van der Waals surface area contributed by atoms with E-state index in [4.69, 9.17) is 0 Å². The first kappa shape index (κ1) is 13.9. The number of aliphatic hydroxyl groups is 1. The lowest BCUT2D eigenvalue weighted by atomic mass is 9.92. The van der Waals surface area contributed by atoms with Gasteiger partial charge in [0.25, 0.3) is 0 Å². The van der Waals surface area contributed by atoms with Crippen molar-refractivity contribution in [3.05, 3.63) is 0 Å². The van der Waals surface area contributed by atoms with Crippen LogP contribution in [-0.4, -0.2) is 47.8 Å². The van der Waals surface area contributed by atoms with Crippen molar-refractivity contribution in [1.29, 1.82) is 0 Å². The van der Waals surface area contributed by atoms with E-state index >= 15 is 0 Å². The van der Waals surface area contributed by atoms with E-state index in [9.17, 15) is 5.11 Å². The standard InChI is InChI=1S/C13H28N2O/c1-5-15-8-6-7-12(15)9-14-10-13(4,16)11(2)3/h11-12,14,16H,5-10H2,1-4H3. The summed E-state index contributed by atoms with van der Waals surface area (Å²) in [4.78, 5) is 2.52. The molecule has 3 nitrogen and oxygen atoms in total. The molecule has 1 aliphatic heterocycles. The first-order chi connectivity index (χ1) is 7.47. The molecule has 0 saturated carbocycles. The van der Waals surface area contributed by atoms with Crippen molar-refractivity contribution in [1.82, 2.24) is 10.2 Å². The number of nitrogens with zero attached hydrogens (tertiary/aromatic N) is 1. The van der Waals surface area contributed by atoms with Gasteiger partial charge in [0.2, 0.25) is 0 Å². The minimum atomic E-state index is -0.588. The van der Waals surface area contributed by atoms with Gasteiger partial charge >= 0.3 is 0 Å². The predicted molar refractivity (Wildman–Crippen MR) is 68.6 cm³/mol. The van der Waals surface area contributed by atoms with E-state index < -0.39 is 5.60 Å². The summed E-state index contributed by atoms with van der Waals surface area (Å²) in [7, 11) is 0. The first-order valence-corrected chi connectivity index (χ1v) is 6.64. The van der Waals surface area contributed by atoms with Crippen molar-refractivity contribution >= 4 is 0 Å². The Kier molecular flexibility index (Phi) is 5.22. The van der Waals surface area contributed by atoms with Crippen molar-refractivity contribution in [2.45, 2.75) is 52.2 Å². The van der Waals surface area contributed by atoms with E-state index in [1.54, 1.807) is 0 Å². The average molecular weight is 228 g/mol. The molecule has 0 aromatic rings. The van der Waals surface area contributed by atoms with Crippen LogP contribution in [0.2, 0.25) is 0 Å². The highest BCUT2D eigenvalue weighted by atomic mass is 16.3. The predicted octanol–water partition coefficient (Wildman–Crippen LogP) is 1.47. The molecule has 16 heavy (non-hydrogen) atoms. The SMILES string of the molecule is CCN1CCCC1CNCC(C)(O)C(C)C. The molecule has 1 heterocycles. The Morgan fingerprint density at radius 3 is 2.75 bits per heavy atom. The Morgan fingerprint density at radius 1 is 1.50 bits per heavy atom. The van der Waals surface area contributed by atoms with Crippen LogP contribution >= 0.6 is 0 Å². The fraction of sp³-hybridized carbons (Fsp3) is 1.00. The zero-order valence-electron chi connectivity index (χ0n) is 11.3. The lowest BCUT2D eigenvalue weighted by Crippen LogP contribution is -2.46. The van der Waals surface area contributed by atoms with Gasteiger partial charge in [-0.15, -0.1) is 0 Å². The van der Waals surface area contributed by atoms with Crippen molar-refractivity contribution in [3.63, 3.8) is 0 Å². The van der Waals surface area contributed by atoms with E-state index in [1.165, 1.54) is 19.4 Å². The van der Waals surface area contributed by atoms with Gasteiger partial charge in [-0.25, -0.2) is 0 Å². The van der Waals surface area contributed by atoms with Crippen LogP contribution in [-0.2, 0) is 0 Å². The minimum absolute atomic E-state index is 0.297. The minimum Gasteiger partial charge on any atom is -0.389 e. The number of nitrogens with one attached hydrogen (secondary N) is 1. The summed E-state index contributed by atoms with van der Waals surface area (Å²) in [6, 6.07) is 0.674. The summed E-state index contributed by atoms with van der Waals surface area (Å²) < 4.78 is 0. The van der Waals surface area contributed by atoms with Crippen LogP contribution in [0, 0.1) is 5.92 Å². The molecule has 96 valence electrons. The van der Waals surface area contributed by atoms with E-state index in [0.717, 1.165) is 13.1 Å². The normalized spacial score (nSPS) is 26.2. The Morgan fingerprint density at radius 2 is 2.19 bits per heavy atom. The topological polar surface area (TPSA) is 35.5 Å². The molecule has 2 atom stereocenters. The van der Waals surface area contributed by atoms with Gasteiger partial charge in [0.15, 0.2) is 0 Å². The van der Waals surface area contributed by atoms with Crippen LogP contribution in [0.25, 0.3) is 0 Å². The zero-order chi connectivity index (χ0) is 12.2. The molecule has 0 aromatic carbocycles. The van der Waals surface area contributed by atoms with Gasteiger partial charge < -0.3 is 10.4 Å². The van der Waals surface area contributed by atoms with Gasteiger partial charge in [-0.05, 0) is 38.8 Å². The van der Waals surface area contributed by atoms with Gasteiger partial charge in [-0.1, -0.05) is 20.8 Å². The summed E-state index contributed by atoms with van der Waals surface area (Å²) in [6.45, 7) is 12.4. The molecule has 0 radical (unpaired) electrons. The second kappa shape index (κ2) is 5.99. The van der Waals surface area contributed by atoms with Gasteiger partial charge in [-0.2, -0.15) is 0 Å². The molecule has 1 aliphatic rings. The molecule has 2 unspecified atom stereocenters. The number of likely N-dealkylation sites (tertiary alicyclic amines) is 1. The fourth-order valence-corrected chi connectivity index (χ4v) is 2.24. The Balaban J connectivity index is 2.25. The highest BCUT2D eigenvalue weighted by molar-refractivity contribution is 4.83. The second-order valence-corrected chi connectivity index (χ2v) is 5.57. The van der Waals surface area contributed by atoms with Crippen molar-refractivity contribution in [3.8, 4) is 0 Å². The maximum atomic E-state index is 10.1. The number of likely N-dealkylation sites (N-methyl/N-ethyl adjacent to an activating group) is 1. The molecule has 0 aromatic heterocycles. The van der Waals surface area contributed by atoms with E-state index in [0.29, 0.717) is 18.5 Å². The van der Waals surface area contributed by atoms with Crippen LogP contribution < -0.4 is 5.32 Å². The molecule has 1 saturated heterocycles. The third kappa shape index (κ3) is 3.72. The van der Waals surface area contributed by atoms with Crippen molar-refractivity contribution in [2.75, 3.05) is 26.2 Å². The summed E-state index contributed by atoms with van der Waals surface area (Å²) in [5.74, 6) is 0.297. The summed E-state index contributed by atoms with van der Waals surface area (Å²) in [5.41, 5.74) is -0.588. The van der Waals surface area contributed by atoms with Crippen LogP contribution in [0.4, 0.5) is 0 Å². The molecular weight excluding hydrogens is 200 g/mol. The molecule has 0 bridgehead atoms. The molecular formula is C13H28N2O. The summed E-state index contributed by atoms with van der Waals surface area (Å²) >= 11 is 0. The van der Waals surface area contributed by atoms with Crippen LogP contribution in [0.15, 0.2) is 0 Å². The van der Waals surface area contributed by atoms with E-state index in [1.807, 2.05) is 6.92 Å². The maximum Gasteiger partial charge on any atom is 0.0766 e. The third-order valence-electron chi connectivity index (χ3n) is 4.01. The smallest absolute Gasteiger partial charge is 0.0766 e. The lowest BCUT2D eigenvalue weighted by molar-refractivity contribution is 0.0132. The monoisotopic (exact) mass is 228 g/mol. The second-order valence-electron chi connectivity index (χ2n) is 5.57. The van der Waals surface area contributed by atoms with Crippen LogP contribution in [0.5, 0.6) is 0 Å². The fourth-order valence-electron chi connectivity index (χ4n) is 2.24. The van der Waals surface area contributed by atoms with E-state index in [-0.39, 0.29) is 0 Å². The lowest BCUT2D eigenvalue weighted by Gasteiger charge is -2.30. The van der Waals surface area contributed by atoms with Crippen LogP contribution in [0.1, 0.15) is 40.5 Å². The van der Waals surface area contributed by atoms with Crippen molar-refractivity contribution < 1.29 is 5.11 Å². The number of hydrogen-bond acceptors (Lipinski definition) is 3. The Hall–Kier alpha value is -0.120. The molecule has 0 spiro atoms. The average Bonchev–Trinajstić information content (AvgIpc) is 2.64. The number of rotatable bonds is 6. The molecule has 0 amide bonds. The highest BCUT2D eigenvalue weighted by Gasteiger charge is 2.26. The molecule has 3 heteroatoms. The summed E-state index contributed by atoms with van der Waals surface area (Å²) in [6.07, 6.45) is 2.62. The van der Waals surface area contributed by atoms with Gasteiger partial charge in [0.1, 0.15) is 0 Å². The largest absolute Gasteiger partial charge is 0.389 e. The number of hydrogen-bond donors (Lipinski definition) is 2. The molecule has 2 N–H and O–H groups in total. The zero-order valence-corrected chi connectivity index (χ0v) is 11.3. The Bertz CT molecular complexity index is 204. The third-order valence-corrected chi connectivity index (χ3v) is 4.01. The van der Waals surface area contributed by atoms with Gasteiger partial charge in [-0.3, -0.25) is 4.90 Å². The molecule has 1 rings (SSSR count). The van der Waals surface area contributed by atoms with Gasteiger partial charge in [0.05, 0.1) is 5.60 Å². The quantitative estimate of drug-likeness (QED) is 0.722. The Labute approximate surface area is 100 Å². The van der Waals surface area contributed by atoms with E-state index in [2.05, 4.69) is 31.0 Å². The molecule has 0 aliphatic carbocycles.